The number of carbonyl (C=O) groups excluding carboxylic acids is 4. The minimum atomic E-state index is -1.69. The highest BCUT2D eigenvalue weighted by Crippen LogP contribution is 2.66. The summed E-state index contributed by atoms with van der Waals surface area (Å²) < 4.78 is 11.6. The molecule has 0 radical (unpaired) electrons. The number of aromatic hydroxyl groups is 1. The molecule has 2 aliphatic heterocycles. The molecule has 4 aliphatic rings. The number of fused-ring (bicyclic) bond motifs is 4. The SMILES string of the molecule is COc1ccc(C23C(=O)N(Nc4ccc(Cl)cc4Cl)C(=O)C2CC2C(=CCC4C(=O)N(c5cccc([N+](=O)[O-])c5)C(=O)C42)C3c2cc(OC)c(O)c(Br)c2Br)cc1. The van der Waals surface area contributed by atoms with Crippen molar-refractivity contribution < 1.29 is 38.7 Å². The van der Waals surface area contributed by atoms with Crippen LogP contribution >= 0.6 is 55.1 Å². The maximum absolute atomic E-state index is 15.6. The molecule has 3 fully saturated rings. The molecule has 17 heteroatoms. The molecular weight excluding hydrogens is 911 g/mol. The Kier molecular flexibility index (Phi) is 9.86. The predicted octanol–water partition coefficient (Wildman–Crippen LogP) is 8.34. The van der Waals surface area contributed by atoms with E-state index >= 15 is 9.59 Å². The summed E-state index contributed by atoms with van der Waals surface area (Å²) >= 11 is 19.9. The predicted molar refractivity (Wildman–Crippen MR) is 216 cm³/mol. The lowest BCUT2D eigenvalue weighted by Crippen LogP contribution is -2.53. The minimum Gasteiger partial charge on any atom is -0.503 e. The molecule has 2 aliphatic carbocycles. The highest BCUT2D eigenvalue weighted by atomic mass is 79.9. The van der Waals surface area contributed by atoms with Crippen molar-refractivity contribution in [2.45, 2.75) is 24.2 Å². The molecule has 292 valence electrons. The molecule has 0 spiro atoms. The third-order valence-corrected chi connectivity index (χ3v) is 14.3. The van der Waals surface area contributed by atoms with Crippen LogP contribution in [0, 0.1) is 33.8 Å². The van der Waals surface area contributed by atoms with Gasteiger partial charge < -0.3 is 14.6 Å². The summed E-state index contributed by atoms with van der Waals surface area (Å²) in [5.74, 6) is -6.69. The number of benzene rings is 4. The summed E-state index contributed by atoms with van der Waals surface area (Å²) in [6.07, 6.45) is 1.94. The summed E-state index contributed by atoms with van der Waals surface area (Å²) in [5, 5.41) is 24.2. The van der Waals surface area contributed by atoms with Gasteiger partial charge in [0.2, 0.25) is 11.8 Å². The molecular formula is C40H30Br2Cl2N4O9. The Balaban J connectivity index is 1.36. The fourth-order valence-corrected chi connectivity index (χ4v) is 10.6. The first-order chi connectivity index (χ1) is 27.2. The smallest absolute Gasteiger partial charge is 0.271 e. The number of ether oxygens (including phenoxy) is 2. The number of non-ortho nitro benzene ring substituents is 1. The van der Waals surface area contributed by atoms with Gasteiger partial charge in [-0.1, -0.05) is 53.1 Å². The zero-order valence-electron chi connectivity index (χ0n) is 29.9. The highest BCUT2D eigenvalue weighted by Gasteiger charge is 2.70. The number of hydrazine groups is 1. The van der Waals surface area contributed by atoms with Crippen molar-refractivity contribution in [3.8, 4) is 17.2 Å². The summed E-state index contributed by atoms with van der Waals surface area (Å²) in [7, 11) is 2.89. The number of phenolic OH excluding ortho intramolecular Hbond substituents is 1. The highest BCUT2D eigenvalue weighted by molar-refractivity contribution is 9.13. The number of nitro benzene ring substituents is 1. The maximum atomic E-state index is 15.6. The Morgan fingerprint density at radius 2 is 1.65 bits per heavy atom. The van der Waals surface area contributed by atoms with Gasteiger partial charge in [-0.2, -0.15) is 5.01 Å². The Hall–Kier alpha value is -4.96. The maximum Gasteiger partial charge on any atom is 0.271 e. The van der Waals surface area contributed by atoms with E-state index in [0.717, 1.165) is 9.91 Å². The first kappa shape index (κ1) is 38.9. The van der Waals surface area contributed by atoms with Crippen molar-refractivity contribution in [2.24, 2.45) is 23.7 Å². The van der Waals surface area contributed by atoms with Crippen LogP contribution in [-0.4, -0.2) is 52.9 Å². The second-order valence-corrected chi connectivity index (χ2v) is 16.6. The van der Waals surface area contributed by atoms with Crippen molar-refractivity contribution in [1.82, 2.24) is 5.01 Å². The van der Waals surface area contributed by atoms with Gasteiger partial charge in [0.1, 0.15) is 5.75 Å². The molecule has 8 rings (SSSR count). The lowest BCUT2D eigenvalue weighted by molar-refractivity contribution is -0.384. The molecule has 0 bridgehead atoms. The van der Waals surface area contributed by atoms with E-state index in [4.69, 9.17) is 32.7 Å². The van der Waals surface area contributed by atoms with Gasteiger partial charge in [0.05, 0.1) is 63.2 Å². The van der Waals surface area contributed by atoms with Crippen LogP contribution in [0.25, 0.3) is 0 Å². The number of nitrogens with zero attached hydrogens (tertiary/aromatic N) is 3. The van der Waals surface area contributed by atoms with E-state index < -0.39 is 63.6 Å². The lowest BCUT2D eigenvalue weighted by Gasteiger charge is -2.51. The molecule has 2 saturated heterocycles. The van der Waals surface area contributed by atoms with Crippen LogP contribution in [-0.2, 0) is 24.6 Å². The number of nitro groups is 1. The van der Waals surface area contributed by atoms with E-state index in [1.807, 2.05) is 6.08 Å². The third kappa shape index (κ3) is 5.83. The van der Waals surface area contributed by atoms with E-state index in [9.17, 15) is 24.8 Å². The topological polar surface area (TPSA) is 169 Å². The minimum absolute atomic E-state index is 0.0254. The molecule has 4 aromatic rings. The van der Waals surface area contributed by atoms with Crippen molar-refractivity contribution >= 4 is 95.8 Å². The van der Waals surface area contributed by atoms with E-state index in [0.29, 0.717) is 31.9 Å². The number of halogens is 4. The number of amides is 4. The number of methoxy groups -OCH3 is 2. The second kappa shape index (κ2) is 14.5. The molecule has 13 nitrogen and oxygen atoms in total. The third-order valence-electron chi connectivity index (χ3n) is 11.6. The Morgan fingerprint density at radius 1 is 0.912 bits per heavy atom. The largest absolute Gasteiger partial charge is 0.503 e. The number of imide groups is 2. The van der Waals surface area contributed by atoms with E-state index in [-0.39, 0.29) is 50.9 Å². The van der Waals surface area contributed by atoms with Gasteiger partial charge in [-0.3, -0.25) is 34.7 Å². The van der Waals surface area contributed by atoms with E-state index in [1.165, 1.54) is 44.6 Å². The molecule has 4 aromatic carbocycles. The Morgan fingerprint density at radius 3 is 2.32 bits per heavy atom. The van der Waals surface area contributed by atoms with Crippen molar-refractivity contribution in [3.05, 3.63) is 125 Å². The number of anilines is 2. The Bertz CT molecular complexity index is 2470. The fourth-order valence-electron chi connectivity index (χ4n) is 9.17. The monoisotopic (exact) mass is 938 g/mol. The second-order valence-electron chi connectivity index (χ2n) is 14.1. The zero-order valence-corrected chi connectivity index (χ0v) is 34.6. The number of hydrogen-bond acceptors (Lipinski definition) is 10. The van der Waals surface area contributed by atoms with Crippen LogP contribution in [0.4, 0.5) is 17.1 Å². The van der Waals surface area contributed by atoms with Crippen molar-refractivity contribution in [3.63, 3.8) is 0 Å². The van der Waals surface area contributed by atoms with Crippen LogP contribution in [0.3, 0.4) is 0 Å². The zero-order chi connectivity index (χ0) is 40.7. The molecule has 4 amide bonds. The average molecular weight is 941 g/mol. The van der Waals surface area contributed by atoms with Crippen LogP contribution in [0.1, 0.15) is 29.9 Å². The van der Waals surface area contributed by atoms with E-state index in [2.05, 4.69) is 37.3 Å². The first-order valence-corrected chi connectivity index (χ1v) is 19.9. The summed E-state index contributed by atoms with van der Waals surface area (Å²) in [5.41, 5.74) is 2.81. The van der Waals surface area contributed by atoms with Crippen LogP contribution in [0.2, 0.25) is 10.0 Å². The van der Waals surface area contributed by atoms with Gasteiger partial charge in [0.15, 0.2) is 11.5 Å². The van der Waals surface area contributed by atoms with Gasteiger partial charge >= 0.3 is 0 Å². The van der Waals surface area contributed by atoms with Crippen molar-refractivity contribution in [2.75, 3.05) is 24.5 Å². The van der Waals surface area contributed by atoms with Crippen LogP contribution in [0.15, 0.2) is 93.4 Å². The summed E-state index contributed by atoms with van der Waals surface area (Å²) in [6, 6.07) is 18.3. The van der Waals surface area contributed by atoms with Gasteiger partial charge in [0, 0.05) is 27.5 Å². The molecule has 2 heterocycles. The molecule has 0 aromatic heterocycles. The molecule has 6 atom stereocenters. The normalized spacial score (nSPS) is 25.2. The number of hydrogen-bond donors (Lipinski definition) is 2. The first-order valence-electron chi connectivity index (χ1n) is 17.6. The van der Waals surface area contributed by atoms with Gasteiger partial charge in [0.25, 0.3) is 17.5 Å². The quantitative estimate of drug-likeness (QED) is 0.0759. The van der Waals surface area contributed by atoms with Crippen LogP contribution < -0.4 is 19.8 Å². The number of allylic oxidation sites excluding steroid dienone is 2. The van der Waals surface area contributed by atoms with E-state index in [1.54, 1.807) is 42.5 Å². The number of carbonyl (C=O) groups is 4. The van der Waals surface area contributed by atoms with Gasteiger partial charge in [-0.15, -0.1) is 0 Å². The number of nitrogens with one attached hydrogen (secondary N) is 1. The number of rotatable bonds is 8. The Labute approximate surface area is 351 Å². The molecule has 2 N–H and O–H groups in total. The standard InChI is InChI=1S/C40H30Br2Cl2N4O9/c1-56-22-9-6-18(7-10-22)40-27(37(51)47(39(40)53)45-29-13-8-19(43)14-28(29)44)16-25-23(32(40)26-17-30(57-2)35(49)34(42)33(26)41)11-12-24-31(25)38(52)46(36(24)50)20-4-3-5-21(15-20)48(54)55/h3-11,13-15,17,24-25,27,31-32,45,49H,12,16H2,1-2H3. The fraction of sp³-hybridized carbons (Fsp3) is 0.250. The molecule has 57 heavy (non-hydrogen) atoms. The average Bonchev–Trinajstić information content (AvgIpc) is 3.58. The molecule has 1 saturated carbocycles. The van der Waals surface area contributed by atoms with Crippen LogP contribution in [0.5, 0.6) is 17.2 Å². The lowest BCUT2D eigenvalue weighted by atomic mass is 9.49. The van der Waals surface area contributed by atoms with Crippen molar-refractivity contribution in [1.29, 1.82) is 0 Å². The summed E-state index contributed by atoms with van der Waals surface area (Å²) in [4.78, 5) is 71.5. The number of phenols is 1. The molecule has 6 unspecified atom stereocenters. The summed E-state index contributed by atoms with van der Waals surface area (Å²) in [6.45, 7) is 0. The van der Waals surface area contributed by atoms with Gasteiger partial charge in [-0.25, -0.2) is 4.90 Å². The van der Waals surface area contributed by atoms with Gasteiger partial charge in [-0.05, 0) is 104 Å².